The zero-order valence-electron chi connectivity index (χ0n) is 29.5. The molecule has 6 heteroatoms. The van der Waals surface area contributed by atoms with Gasteiger partial charge in [0.05, 0.1) is 0 Å². The van der Waals surface area contributed by atoms with Crippen LogP contribution in [0, 0.1) is 36.2 Å². The summed E-state index contributed by atoms with van der Waals surface area (Å²) in [6, 6.07) is 18.7. The van der Waals surface area contributed by atoms with Crippen LogP contribution in [-0.2, 0) is 12.8 Å². The van der Waals surface area contributed by atoms with Gasteiger partial charge in [-0.05, 0) is 37.8 Å². The van der Waals surface area contributed by atoms with Gasteiger partial charge in [-0.3, -0.25) is 0 Å². The summed E-state index contributed by atoms with van der Waals surface area (Å²) in [7, 11) is 0. The summed E-state index contributed by atoms with van der Waals surface area (Å²) in [5, 5.41) is 0. The fourth-order valence-corrected chi connectivity index (χ4v) is 8.84. The number of aryl methyl sites for hydroxylation is 2. The van der Waals surface area contributed by atoms with Crippen molar-refractivity contribution < 1.29 is 43.2 Å². The van der Waals surface area contributed by atoms with Crippen LogP contribution in [0.1, 0.15) is 153 Å². The van der Waals surface area contributed by atoms with E-state index in [1.807, 2.05) is 0 Å². The lowest BCUT2D eigenvalue weighted by atomic mass is 10.0. The first kappa shape index (κ1) is 42.2. The van der Waals surface area contributed by atoms with Crippen molar-refractivity contribution >= 4 is 0 Å². The maximum atomic E-state index is 12.0. The molecule has 0 aliphatic carbocycles. The molecule has 48 heavy (non-hydrogen) atoms. The van der Waals surface area contributed by atoms with Crippen LogP contribution in [0.4, 0.5) is 22.0 Å². The van der Waals surface area contributed by atoms with Crippen molar-refractivity contribution in [3.8, 4) is 0 Å². The van der Waals surface area contributed by atoms with Gasteiger partial charge in [0.15, 0.2) is 30.4 Å². The summed E-state index contributed by atoms with van der Waals surface area (Å²) in [4.78, 5) is 0. The van der Waals surface area contributed by atoms with Crippen LogP contribution in [0.3, 0.4) is 0 Å². The molecule has 0 N–H and O–H groups in total. The van der Waals surface area contributed by atoms with E-state index in [1.54, 1.807) is 18.3 Å². The van der Waals surface area contributed by atoms with E-state index in [9.17, 15) is 22.0 Å². The maximum Gasteiger partial charge on any atom is 0.358 e. The van der Waals surface area contributed by atoms with Crippen molar-refractivity contribution in [1.29, 1.82) is 0 Å². The molecule has 0 aromatic heterocycles. The summed E-state index contributed by atoms with van der Waals surface area (Å²) in [5.74, 6) is -9.65. The largest absolute Gasteiger partial charge is 0.358 e. The lowest BCUT2D eigenvalue weighted by Crippen LogP contribution is -3.62. The fraction of sp³-hybridized carbons (Fsp3) is 0.571. The van der Waals surface area contributed by atoms with Crippen LogP contribution in [0.5, 0.6) is 0 Å². The molecule has 0 bridgehead atoms. The lowest BCUT2D eigenvalue weighted by Gasteiger charge is -2.05. The van der Waals surface area contributed by atoms with E-state index in [2.05, 4.69) is 62.4 Å². The molecule has 3 aromatic carbocycles. The highest BCUT2D eigenvalue weighted by molar-refractivity contribution is 5.17. The molecule has 0 spiro atoms. The summed E-state index contributed by atoms with van der Waals surface area (Å²) in [5.41, 5.74) is 3.26. The number of hydrogen-bond donors (Lipinski definition) is 0. The number of benzene rings is 3. The van der Waals surface area contributed by atoms with Gasteiger partial charge in [0.25, 0.3) is 0 Å². The normalized spacial score (nSPS) is 11.1. The molecule has 3 aromatic rings. The Balaban J connectivity index is 0.000000613. The fourth-order valence-electron chi connectivity index (χ4n) is 5.85. The molecule has 0 amide bonds. The Hall–Kier alpha value is -1.96. The Labute approximate surface area is 299 Å². The number of unbranched alkanes of at least 4 members (excludes halogenated alkanes) is 18. The predicted molar refractivity (Wildman–Crippen MR) is 188 cm³/mol. The highest BCUT2D eigenvalue weighted by Gasteiger charge is 2.22. The van der Waals surface area contributed by atoms with Crippen LogP contribution in [0.15, 0.2) is 54.6 Å². The Bertz CT molecular complexity index is 1170. The number of halogens is 6. The molecule has 0 unspecified atom stereocenters. The van der Waals surface area contributed by atoms with Gasteiger partial charge in [-0.25, -0.2) is 22.0 Å². The van der Waals surface area contributed by atoms with Crippen molar-refractivity contribution in [2.45, 2.75) is 155 Å². The van der Waals surface area contributed by atoms with E-state index < -0.39 is 29.1 Å². The molecule has 0 saturated heterocycles. The average Bonchev–Trinajstić information content (AvgIpc) is 3.09. The molecule has 0 radical (unpaired) electrons. The standard InChI is InChI=1S/C36H58I.C6HF5/c1-3-5-7-9-11-13-15-17-19-21-27-33-29-23-25-31-35(33)37-36-32-26-24-30-34(36)28-22-20-18-16-14-12-10-8-6-4-2;7-2-1-3(8)5(10)6(11)4(2)9/h23-26,29-32H,3-22,27-28H2,1-2H3;1H/q+1;. The van der Waals surface area contributed by atoms with E-state index in [-0.39, 0.29) is 27.3 Å². The SMILES string of the molecule is CCCCCCCCCCCCc1ccccc1[I+]c1ccccc1CCCCCCCCCCCC.Fc1cc(F)c(F)c(F)c1F. The van der Waals surface area contributed by atoms with Gasteiger partial charge in [-0.2, -0.15) is 0 Å². The van der Waals surface area contributed by atoms with E-state index in [4.69, 9.17) is 0 Å². The minimum atomic E-state index is -2.14. The van der Waals surface area contributed by atoms with E-state index in [1.165, 1.54) is 141 Å². The Kier molecular flexibility index (Phi) is 23.6. The summed E-state index contributed by atoms with van der Waals surface area (Å²) in [6.45, 7) is 4.61. The third-order valence-corrected chi connectivity index (χ3v) is 12.0. The van der Waals surface area contributed by atoms with Crippen molar-refractivity contribution in [2.24, 2.45) is 0 Å². The molecule has 0 saturated carbocycles. The Morgan fingerprint density at radius 1 is 0.396 bits per heavy atom. The molecule has 0 aliphatic heterocycles. The Morgan fingerprint density at radius 2 is 0.708 bits per heavy atom. The molecule has 0 aliphatic rings. The molecule has 268 valence electrons. The molecule has 0 nitrogen and oxygen atoms in total. The van der Waals surface area contributed by atoms with Gasteiger partial charge in [-0.1, -0.05) is 166 Å². The third-order valence-electron chi connectivity index (χ3n) is 8.78. The second-order valence-corrected chi connectivity index (χ2v) is 15.8. The van der Waals surface area contributed by atoms with Crippen LogP contribution >= 0.6 is 0 Å². The van der Waals surface area contributed by atoms with Gasteiger partial charge < -0.3 is 0 Å². The summed E-state index contributed by atoms with van der Waals surface area (Å²) >= 11 is -0.0947. The van der Waals surface area contributed by atoms with E-state index >= 15 is 0 Å². The topological polar surface area (TPSA) is 0 Å². The van der Waals surface area contributed by atoms with E-state index in [0.717, 1.165) is 0 Å². The minimum Gasteiger partial charge on any atom is -0.204 e. The maximum absolute atomic E-state index is 12.0. The monoisotopic (exact) mass is 785 g/mol. The minimum absolute atomic E-state index is 0.0618. The van der Waals surface area contributed by atoms with Crippen LogP contribution in [-0.4, -0.2) is 0 Å². The highest BCUT2D eigenvalue weighted by atomic mass is 127. The molecular weight excluding hydrogens is 726 g/mol. The molecule has 0 atom stereocenters. The van der Waals surface area contributed by atoms with E-state index in [0.29, 0.717) is 0 Å². The van der Waals surface area contributed by atoms with Gasteiger partial charge in [0, 0.05) is 17.2 Å². The lowest BCUT2D eigenvalue weighted by molar-refractivity contribution is -0.599. The predicted octanol–water partition coefficient (Wildman–Crippen LogP) is 11.1. The van der Waals surface area contributed by atoms with Gasteiger partial charge >= 0.3 is 21.2 Å². The van der Waals surface area contributed by atoms with Crippen molar-refractivity contribution in [3.63, 3.8) is 0 Å². The zero-order valence-corrected chi connectivity index (χ0v) is 31.7. The van der Waals surface area contributed by atoms with Gasteiger partial charge in [-0.15, -0.1) is 0 Å². The second-order valence-electron chi connectivity index (χ2n) is 12.9. The summed E-state index contributed by atoms with van der Waals surface area (Å²) in [6.07, 6.45) is 30.9. The van der Waals surface area contributed by atoms with Crippen LogP contribution in [0.25, 0.3) is 0 Å². The van der Waals surface area contributed by atoms with Crippen molar-refractivity contribution in [3.05, 3.63) is 102 Å². The quantitative estimate of drug-likeness (QED) is 0.0279. The second kappa shape index (κ2) is 26.8. The molecular formula is C42H59F5I+. The first-order valence-electron chi connectivity index (χ1n) is 18.7. The number of rotatable bonds is 24. The highest BCUT2D eigenvalue weighted by Crippen LogP contribution is 2.17. The average molecular weight is 786 g/mol. The van der Waals surface area contributed by atoms with Gasteiger partial charge in [0.1, 0.15) is 0 Å². The third kappa shape index (κ3) is 17.6. The van der Waals surface area contributed by atoms with Gasteiger partial charge in [0.2, 0.25) is 5.82 Å². The molecule has 3 rings (SSSR count). The zero-order chi connectivity index (χ0) is 34.8. The van der Waals surface area contributed by atoms with Crippen molar-refractivity contribution in [1.82, 2.24) is 0 Å². The summed E-state index contributed by atoms with van der Waals surface area (Å²) < 4.78 is 63.4. The van der Waals surface area contributed by atoms with Crippen LogP contribution < -0.4 is 21.2 Å². The molecule has 0 heterocycles. The first-order valence-corrected chi connectivity index (χ1v) is 20.8. The van der Waals surface area contributed by atoms with Crippen molar-refractivity contribution in [2.75, 3.05) is 0 Å². The molecule has 0 fully saturated rings. The van der Waals surface area contributed by atoms with Crippen LogP contribution in [0.2, 0.25) is 0 Å². The first-order chi connectivity index (χ1) is 23.4. The Morgan fingerprint density at radius 3 is 1.06 bits per heavy atom. The smallest absolute Gasteiger partial charge is 0.204 e. The number of hydrogen-bond acceptors (Lipinski definition) is 0.